The number of halogens is 1. The van der Waals surface area contributed by atoms with Crippen molar-refractivity contribution in [2.45, 2.75) is 25.9 Å². The van der Waals surface area contributed by atoms with Crippen LogP contribution in [0, 0.1) is 0 Å². The summed E-state index contributed by atoms with van der Waals surface area (Å²) in [6.45, 7) is 1.87. The number of nitrogens with one attached hydrogen (secondary N) is 3. The number of nitrogens with zero attached hydrogens (tertiary/aromatic N) is 4. The largest absolute Gasteiger partial charge is 0.497 e. The van der Waals surface area contributed by atoms with Crippen molar-refractivity contribution in [3.63, 3.8) is 0 Å². The topological polar surface area (TPSA) is 108 Å². The molecule has 0 bridgehead atoms. The number of ether oxygens (including phenoxy) is 1. The number of rotatable bonds is 7. The fraction of sp³-hybridized carbons (Fsp3) is 0.304. The maximum atomic E-state index is 11.9. The smallest absolute Gasteiger partial charge is 0.227 e. The van der Waals surface area contributed by atoms with Crippen LogP contribution in [-0.4, -0.2) is 47.8 Å². The molecule has 10 heteroatoms. The van der Waals surface area contributed by atoms with E-state index in [0.717, 1.165) is 35.5 Å². The van der Waals surface area contributed by atoms with Crippen molar-refractivity contribution in [3.05, 3.63) is 59.9 Å². The summed E-state index contributed by atoms with van der Waals surface area (Å²) in [4.78, 5) is 22.5. The van der Waals surface area contributed by atoms with E-state index in [9.17, 15) is 4.79 Å². The number of H-pyrrole nitrogens is 1. The molecule has 1 aromatic heterocycles. The summed E-state index contributed by atoms with van der Waals surface area (Å²) in [5, 5.41) is 13.8. The van der Waals surface area contributed by atoms with E-state index < -0.39 is 0 Å². The van der Waals surface area contributed by atoms with Crippen LogP contribution in [0.5, 0.6) is 5.75 Å². The number of hydrogen-bond acceptors (Lipinski definition) is 5. The van der Waals surface area contributed by atoms with Crippen LogP contribution in [-0.2, 0) is 17.9 Å². The van der Waals surface area contributed by atoms with E-state index in [0.29, 0.717) is 37.1 Å². The Morgan fingerprint density at radius 2 is 1.85 bits per heavy atom. The molecule has 1 amide bonds. The Morgan fingerprint density at radius 1 is 1.12 bits per heavy atom. The van der Waals surface area contributed by atoms with Gasteiger partial charge in [0.05, 0.1) is 13.7 Å². The van der Waals surface area contributed by atoms with Gasteiger partial charge >= 0.3 is 0 Å². The van der Waals surface area contributed by atoms with Gasteiger partial charge in [0.2, 0.25) is 5.91 Å². The first-order valence-electron chi connectivity index (χ1n) is 10.6. The van der Waals surface area contributed by atoms with E-state index in [2.05, 4.69) is 30.8 Å². The number of aliphatic imine (C=N–C) groups is 1. The Balaban J connectivity index is 0.00000306. The van der Waals surface area contributed by atoms with Gasteiger partial charge in [-0.05, 0) is 48.4 Å². The Morgan fingerprint density at radius 3 is 2.48 bits per heavy atom. The minimum atomic E-state index is 0. The molecule has 0 aliphatic carbocycles. The predicted octanol–water partition coefficient (Wildman–Crippen LogP) is 3.09. The van der Waals surface area contributed by atoms with Crippen molar-refractivity contribution >= 4 is 41.5 Å². The maximum Gasteiger partial charge on any atom is 0.227 e. The van der Waals surface area contributed by atoms with E-state index >= 15 is 0 Å². The number of anilines is 1. The van der Waals surface area contributed by atoms with Crippen molar-refractivity contribution in [1.29, 1.82) is 0 Å². The van der Waals surface area contributed by atoms with Gasteiger partial charge in [-0.1, -0.05) is 12.1 Å². The minimum absolute atomic E-state index is 0. The van der Waals surface area contributed by atoms with Gasteiger partial charge in [0, 0.05) is 37.8 Å². The first kappa shape index (κ1) is 24.5. The Hall–Kier alpha value is -3.15. The molecular weight excluding hydrogens is 533 g/mol. The molecule has 0 spiro atoms. The van der Waals surface area contributed by atoms with E-state index in [1.807, 2.05) is 53.4 Å². The number of amides is 1. The average molecular weight is 561 g/mol. The molecular formula is C23H28IN7O2. The second-order valence-electron chi connectivity index (χ2n) is 7.43. The highest BCUT2D eigenvalue weighted by Gasteiger charge is 2.21. The highest BCUT2D eigenvalue weighted by Crippen LogP contribution is 2.21. The van der Waals surface area contributed by atoms with Gasteiger partial charge in [0.1, 0.15) is 11.6 Å². The molecule has 2 heterocycles. The van der Waals surface area contributed by atoms with Crippen LogP contribution < -0.4 is 20.3 Å². The molecule has 9 nitrogen and oxygen atoms in total. The van der Waals surface area contributed by atoms with Crippen LogP contribution in [0.1, 0.15) is 24.2 Å². The van der Waals surface area contributed by atoms with E-state index in [1.54, 1.807) is 14.2 Å². The number of aromatic amines is 1. The lowest BCUT2D eigenvalue weighted by molar-refractivity contribution is -0.117. The van der Waals surface area contributed by atoms with Crippen molar-refractivity contribution in [3.8, 4) is 17.1 Å². The summed E-state index contributed by atoms with van der Waals surface area (Å²) in [7, 11) is 3.36. The predicted molar refractivity (Wildman–Crippen MR) is 139 cm³/mol. The summed E-state index contributed by atoms with van der Waals surface area (Å²) in [6, 6.07) is 15.6. The fourth-order valence-electron chi connectivity index (χ4n) is 3.53. The van der Waals surface area contributed by atoms with Crippen LogP contribution in [0.15, 0.2) is 53.5 Å². The highest BCUT2D eigenvalue weighted by molar-refractivity contribution is 14.0. The molecule has 174 valence electrons. The summed E-state index contributed by atoms with van der Waals surface area (Å²) < 4.78 is 5.18. The van der Waals surface area contributed by atoms with Crippen LogP contribution in [0.3, 0.4) is 0 Å². The molecule has 0 radical (unpaired) electrons. The minimum Gasteiger partial charge on any atom is -0.497 e. The van der Waals surface area contributed by atoms with Gasteiger partial charge < -0.3 is 20.3 Å². The van der Waals surface area contributed by atoms with Crippen LogP contribution in [0.4, 0.5) is 5.69 Å². The summed E-state index contributed by atoms with van der Waals surface area (Å²) in [6.07, 6.45) is 1.56. The van der Waals surface area contributed by atoms with Crippen molar-refractivity contribution in [1.82, 2.24) is 25.8 Å². The zero-order chi connectivity index (χ0) is 22.3. The molecule has 1 fully saturated rings. The number of aromatic nitrogens is 3. The highest BCUT2D eigenvalue weighted by atomic mass is 127. The normalized spacial score (nSPS) is 13.6. The molecule has 1 saturated heterocycles. The number of hydrogen-bond donors (Lipinski definition) is 3. The van der Waals surface area contributed by atoms with Crippen molar-refractivity contribution in [2.24, 2.45) is 4.99 Å². The molecule has 4 rings (SSSR count). The van der Waals surface area contributed by atoms with E-state index in [4.69, 9.17) is 4.74 Å². The lowest BCUT2D eigenvalue weighted by Gasteiger charge is -2.16. The molecule has 2 aromatic carbocycles. The van der Waals surface area contributed by atoms with Gasteiger partial charge in [0.15, 0.2) is 11.8 Å². The average Bonchev–Trinajstić information content (AvgIpc) is 3.49. The number of carbonyl (C=O) groups excluding carboxylic acids is 1. The first-order chi connectivity index (χ1) is 15.7. The zero-order valence-electron chi connectivity index (χ0n) is 18.7. The molecule has 0 atom stereocenters. The second-order valence-corrected chi connectivity index (χ2v) is 7.43. The standard InChI is InChI=1S/C23H27N7O2.HI/c1-24-23(25-14-16-5-9-18(10-6-16)30-13-3-4-21(30)31)26-15-20-27-22(29-28-20)17-7-11-19(32-2)12-8-17;/h5-12H,3-4,13-15H2,1-2H3,(H2,24,25,26)(H,27,28,29);1H. The van der Waals surface area contributed by atoms with Crippen LogP contribution >= 0.6 is 24.0 Å². The molecule has 33 heavy (non-hydrogen) atoms. The summed E-state index contributed by atoms with van der Waals surface area (Å²) >= 11 is 0. The fourth-order valence-corrected chi connectivity index (χ4v) is 3.53. The zero-order valence-corrected chi connectivity index (χ0v) is 21.0. The SMILES string of the molecule is CN=C(NCc1ccc(N2CCCC2=O)cc1)NCc1nc(-c2ccc(OC)cc2)n[nH]1.I. The van der Waals surface area contributed by atoms with Gasteiger partial charge in [-0.2, -0.15) is 5.10 Å². The number of benzene rings is 2. The van der Waals surface area contributed by atoms with Gasteiger partial charge in [-0.15, -0.1) is 24.0 Å². The third-order valence-corrected chi connectivity index (χ3v) is 5.31. The molecule has 0 unspecified atom stereocenters. The number of guanidine groups is 1. The van der Waals surface area contributed by atoms with Gasteiger partial charge in [0.25, 0.3) is 0 Å². The number of methoxy groups -OCH3 is 1. The maximum absolute atomic E-state index is 11.9. The van der Waals surface area contributed by atoms with Gasteiger partial charge in [-0.3, -0.25) is 14.9 Å². The van der Waals surface area contributed by atoms with Crippen LogP contribution in [0.25, 0.3) is 11.4 Å². The number of carbonyl (C=O) groups is 1. The monoisotopic (exact) mass is 561 g/mol. The molecule has 0 saturated carbocycles. The third-order valence-electron chi connectivity index (χ3n) is 5.31. The lowest BCUT2D eigenvalue weighted by Crippen LogP contribution is -2.36. The summed E-state index contributed by atoms with van der Waals surface area (Å²) in [5.74, 6) is 2.98. The van der Waals surface area contributed by atoms with Crippen LogP contribution in [0.2, 0.25) is 0 Å². The quantitative estimate of drug-likeness (QED) is 0.233. The Labute approximate surface area is 210 Å². The molecule has 1 aliphatic rings. The van der Waals surface area contributed by atoms with E-state index in [-0.39, 0.29) is 29.9 Å². The van der Waals surface area contributed by atoms with Crippen molar-refractivity contribution in [2.75, 3.05) is 25.6 Å². The van der Waals surface area contributed by atoms with Crippen molar-refractivity contribution < 1.29 is 9.53 Å². The lowest BCUT2D eigenvalue weighted by atomic mass is 10.2. The Kier molecular flexibility index (Phi) is 8.64. The molecule has 1 aliphatic heterocycles. The summed E-state index contributed by atoms with van der Waals surface area (Å²) in [5.41, 5.74) is 2.97. The Bertz CT molecular complexity index is 1080. The first-order valence-corrected chi connectivity index (χ1v) is 10.6. The van der Waals surface area contributed by atoms with E-state index in [1.165, 1.54) is 0 Å². The third kappa shape index (κ3) is 6.21. The molecule has 3 N–H and O–H groups in total. The second kappa shape index (κ2) is 11.6. The molecule has 3 aromatic rings. The van der Waals surface area contributed by atoms with Gasteiger partial charge in [-0.25, -0.2) is 4.98 Å².